The first kappa shape index (κ1) is 14.3. The highest BCUT2D eigenvalue weighted by atomic mass is 35.5. The molecule has 3 aromatic rings. The molecule has 5 heteroatoms. The van der Waals surface area contributed by atoms with Gasteiger partial charge in [-0.1, -0.05) is 59.1 Å². The minimum Gasteiger partial charge on any atom is -0.244 e. The van der Waals surface area contributed by atoms with E-state index in [4.69, 9.17) is 34.8 Å². The van der Waals surface area contributed by atoms with Crippen molar-refractivity contribution < 1.29 is 0 Å². The first-order chi connectivity index (χ1) is 10.2. The van der Waals surface area contributed by atoms with Crippen molar-refractivity contribution in [2.24, 2.45) is 0 Å². The van der Waals surface area contributed by atoms with Crippen LogP contribution in [0.2, 0.25) is 15.1 Å². The molecule has 3 rings (SSSR count). The van der Waals surface area contributed by atoms with E-state index < -0.39 is 0 Å². The van der Waals surface area contributed by atoms with Crippen LogP contribution in [0.4, 0.5) is 0 Å². The number of halogens is 3. The van der Waals surface area contributed by atoms with Gasteiger partial charge in [0, 0.05) is 22.3 Å². The van der Waals surface area contributed by atoms with E-state index in [1.165, 1.54) is 6.33 Å². The lowest BCUT2D eigenvalue weighted by molar-refractivity contribution is 1.17. The molecule has 0 amide bonds. The number of benzene rings is 2. The van der Waals surface area contributed by atoms with E-state index in [1.807, 2.05) is 36.4 Å². The van der Waals surface area contributed by atoms with E-state index >= 15 is 0 Å². The molecule has 0 aliphatic heterocycles. The molecule has 0 radical (unpaired) electrons. The summed E-state index contributed by atoms with van der Waals surface area (Å²) in [5.41, 5.74) is 3.35. The summed E-state index contributed by atoms with van der Waals surface area (Å²) in [6.45, 7) is 0. The van der Waals surface area contributed by atoms with Gasteiger partial charge in [0.25, 0.3) is 0 Å². The molecular formula is C16H9Cl3N2. The molecule has 1 aromatic heterocycles. The van der Waals surface area contributed by atoms with Gasteiger partial charge in [-0.05, 0) is 23.8 Å². The van der Waals surface area contributed by atoms with Gasteiger partial charge in [0.2, 0.25) is 0 Å². The molecule has 21 heavy (non-hydrogen) atoms. The summed E-state index contributed by atoms with van der Waals surface area (Å²) < 4.78 is 0. The maximum Gasteiger partial charge on any atom is 0.116 e. The second kappa shape index (κ2) is 6.02. The molecule has 0 fully saturated rings. The van der Waals surface area contributed by atoms with Gasteiger partial charge in [-0.3, -0.25) is 0 Å². The Bertz CT molecular complexity index is 786. The Morgan fingerprint density at radius 2 is 1.57 bits per heavy atom. The molecule has 2 aromatic carbocycles. The van der Waals surface area contributed by atoms with Crippen LogP contribution >= 0.6 is 34.8 Å². The molecule has 104 valence electrons. The maximum atomic E-state index is 6.30. The van der Waals surface area contributed by atoms with E-state index in [-0.39, 0.29) is 0 Å². The highest BCUT2D eigenvalue weighted by molar-refractivity contribution is 6.43. The second-order valence-electron chi connectivity index (χ2n) is 4.39. The van der Waals surface area contributed by atoms with Crippen molar-refractivity contribution >= 4 is 34.8 Å². The van der Waals surface area contributed by atoms with Gasteiger partial charge >= 0.3 is 0 Å². The normalized spacial score (nSPS) is 10.6. The predicted molar refractivity (Wildman–Crippen MR) is 87.9 cm³/mol. The van der Waals surface area contributed by atoms with Crippen LogP contribution in [0.15, 0.2) is 55.0 Å². The summed E-state index contributed by atoms with van der Waals surface area (Å²) in [6.07, 6.45) is 3.24. The lowest BCUT2D eigenvalue weighted by atomic mass is 10.0. The molecule has 0 atom stereocenters. The Kier molecular flexibility index (Phi) is 4.11. The van der Waals surface area contributed by atoms with Crippen molar-refractivity contribution in [3.8, 4) is 22.4 Å². The van der Waals surface area contributed by atoms with Gasteiger partial charge < -0.3 is 0 Å². The van der Waals surface area contributed by atoms with Crippen LogP contribution in [0.1, 0.15) is 0 Å². The molecule has 0 N–H and O–H groups in total. The summed E-state index contributed by atoms with van der Waals surface area (Å²) in [5.74, 6) is 0. The van der Waals surface area contributed by atoms with Crippen molar-refractivity contribution in [1.82, 2.24) is 9.97 Å². The zero-order valence-corrected chi connectivity index (χ0v) is 13.0. The highest BCUT2D eigenvalue weighted by Crippen LogP contribution is 2.37. The SMILES string of the molecule is Clc1ccc(-c2cncnc2-c2cccc(Cl)c2Cl)cc1. The predicted octanol–water partition coefficient (Wildman–Crippen LogP) is 5.77. The lowest BCUT2D eigenvalue weighted by Gasteiger charge is -2.10. The molecule has 0 saturated heterocycles. The Hall–Kier alpha value is -1.61. The molecule has 0 saturated carbocycles. The molecular weight excluding hydrogens is 327 g/mol. The van der Waals surface area contributed by atoms with Crippen molar-refractivity contribution in [2.75, 3.05) is 0 Å². The molecule has 2 nitrogen and oxygen atoms in total. The quantitative estimate of drug-likeness (QED) is 0.594. The van der Waals surface area contributed by atoms with Gasteiger partial charge in [0.15, 0.2) is 0 Å². The number of aromatic nitrogens is 2. The summed E-state index contributed by atoms with van der Waals surface area (Å²) in [5, 5.41) is 1.65. The fourth-order valence-corrected chi connectivity index (χ4v) is 2.59. The summed E-state index contributed by atoms with van der Waals surface area (Å²) in [7, 11) is 0. The Morgan fingerprint density at radius 1 is 0.810 bits per heavy atom. The first-order valence-corrected chi connectivity index (χ1v) is 7.30. The fraction of sp³-hybridized carbons (Fsp3) is 0. The average Bonchev–Trinajstić information content (AvgIpc) is 2.51. The van der Waals surface area contributed by atoms with Gasteiger partial charge in [-0.2, -0.15) is 0 Å². The first-order valence-electron chi connectivity index (χ1n) is 6.17. The standard InChI is InChI=1S/C16H9Cl3N2/c17-11-6-4-10(5-7-11)13-8-20-9-21-16(13)12-2-1-3-14(18)15(12)19/h1-9H. The van der Waals surface area contributed by atoms with Crippen LogP contribution in [0.25, 0.3) is 22.4 Å². The number of rotatable bonds is 2. The fourth-order valence-electron chi connectivity index (χ4n) is 2.07. The Morgan fingerprint density at radius 3 is 2.33 bits per heavy atom. The monoisotopic (exact) mass is 334 g/mol. The van der Waals surface area contributed by atoms with Crippen LogP contribution in [-0.2, 0) is 0 Å². The van der Waals surface area contributed by atoms with Crippen LogP contribution in [-0.4, -0.2) is 9.97 Å². The van der Waals surface area contributed by atoms with Gasteiger partial charge in [-0.15, -0.1) is 0 Å². The summed E-state index contributed by atoms with van der Waals surface area (Å²) in [4.78, 5) is 8.46. The third-order valence-corrected chi connectivity index (χ3v) is 4.15. The minimum atomic E-state index is 0.480. The minimum absolute atomic E-state index is 0.480. The third kappa shape index (κ3) is 2.88. The molecule has 0 aliphatic carbocycles. The average molecular weight is 336 g/mol. The molecule has 0 spiro atoms. The Balaban J connectivity index is 2.21. The van der Waals surface area contributed by atoms with Crippen LogP contribution < -0.4 is 0 Å². The summed E-state index contributed by atoms with van der Waals surface area (Å²) >= 11 is 18.3. The lowest BCUT2D eigenvalue weighted by Crippen LogP contribution is -1.92. The maximum absolute atomic E-state index is 6.30. The second-order valence-corrected chi connectivity index (χ2v) is 5.61. The Labute approximate surface area is 137 Å². The smallest absolute Gasteiger partial charge is 0.116 e. The van der Waals surface area contributed by atoms with Crippen LogP contribution in [0.3, 0.4) is 0 Å². The van der Waals surface area contributed by atoms with Crippen molar-refractivity contribution in [3.05, 3.63) is 70.1 Å². The van der Waals surface area contributed by atoms with E-state index in [1.54, 1.807) is 12.3 Å². The van der Waals surface area contributed by atoms with E-state index in [0.717, 1.165) is 22.4 Å². The highest BCUT2D eigenvalue weighted by Gasteiger charge is 2.13. The van der Waals surface area contributed by atoms with E-state index in [9.17, 15) is 0 Å². The van der Waals surface area contributed by atoms with Crippen molar-refractivity contribution in [2.45, 2.75) is 0 Å². The van der Waals surface area contributed by atoms with Gasteiger partial charge in [-0.25, -0.2) is 9.97 Å². The molecule has 0 unspecified atom stereocenters. The van der Waals surface area contributed by atoms with Crippen molar-refractivity contribution in [1.29, 1.82) is 0 Å². The third-order valence-electron chi connectivity index (χ3n) is 3.07. The zero-order valence-electron chi connectivity index (χ0n) is 10.7. The van der Waals surface area contributed by atoms with Gasteiger partial charge in [0.05, 0.1) is 15.7 Å². The molecule has 1 heterocycles. The van der Waals surface area contributed by atoms with Crippen LogP contribution in [0.5, 0.6) is 0 Å². The van der Waals surface area contributed by atoms with Crippen molar-refractivity contribution in [3.63, 3.8) is 0 Å². The molecule has 0 aliphatic rings. The largest absolute Gasteiger partial charge is 0.244 e. The topological polar surface area (TPSA) is 25.8 Å². The van der Waals surface area contributed by atoms with E-state index in [0.29, 0.717) is 15.1 Å². The molecule has 0 bridgehead atoms. The summed E-state index contributed by atoms with van der Waals surface area (Å²) in [6, 6.07) is 13.0. The number of hydrogen-bond acceptors (Lipinski definition) is 2. The van der Waals surface area contributed by atoms with Crippen LogP contribution in [0, 0.1) is 0 Å². The number of hydrogen-bond donors (Lipinski definition) is 0. The number of nitrogens with zero attached hydrogens (tertiary/aromatic N) is 2. The van der Waals surface area contributed by atoms with E-state index in [2.05, 4.69) is 9.97 Å². The zero-order chi connectivity index (χ0) is 14.8. The van der Waals surface area contributed by atoms with Gasteiger partial charge in [0.1, 0.15) is 6.33 Å².